The lowest BCUT2D eigenvalue weighted by Crippen LogP contribution is -2.23. The van der Waals surface area contributed by atoms with Gasteiger partial charge < -0.3 is 10.1 Å². The molecular weight excluding hydrogens is 368 g/mol. The van der Waals surface area contributed by atoms with Crippen LogP contribution in [0.5, 0.6) is 5.75 Å². The summed E-state index contributed by atoms with van der Waals surface area (Å²) >= 11 is 2.17. The maximum Gasteiger partial charge on any atom is 0.124 e. The van der Waals surface area contributed by atoms with Gasteiger partial charge in [-0.2, -0.15) is 0 Å². The van der Waals surface area contributed by atoms with Crippen LogP contribution >= 0.6 is 22.6 Å². The Hall–Kier alpha value is -1.14. The maximum absolute atomic E-state index is 13.3. The Bertz CT molecular complexity index is 588. The molecule has 2 aromatic rings. The lowest BCUT2D eigenvalue weighted by Gasteiger charge is -2.21. The molecule has 0 saturated carbocycles. The quantitative estimate of drug-likeness (QED) is 0.782. The van der Waals surface area contributed by atoms with Gasteiger partial charge in [-0.15, -0.1) is 0 Å². The van der Waals surface area contributed by atoms with Gasteiger partial charge in [0.25, 0.3) is 0 Å². The monoisotopic (exact) mass is 385 g/mol. The number of nitrogens with one attached hydrogen (secondary N) is 1. The Balaban J connectivity index is 2.44. The molecule has 2 rings (SSSR count). The van der Waals surface area contributed by atoms with Gasteiger partial charge in [-0.1, -0.05) is 25.1 Å². The number of hydrogen-bond donors (Lipinski definition) is 1. The second-order valence-corrected chi connectivity index (χ2v) is 5.60. The van der Waals surface area contributed by atoms with Crippen molar-refractivity contribution in [2.75, 3.05) is 13.7 Å². The highest BCUT2D eigenvalue weighted by Crippen LogP contribution is 2.28. The molecule has 0 fully saturated rings. The number of rotatable bonds is 5. The minimum absolute atomic E-state index is 0.0302. The first-order valence-electron chi connectivity index (χ1n) is 6.48. The van der Waals surface area contributed by atoms with E-state index < -0.39 is 0 Å². The van der Waals surface area contributed by atoms with Gasteiger partial charge in [0.05, 0.1) is 13.2 Å². The van der Waals surface area contributed by atoms with Crippen LogP contribution in [0.3, 0.4) is 0 Å². The van der Waals surface area contributed by atoms with E-state index in [9.17, 15) is 4.39 Å². The van der Waals surface area contributed by atoms with Gasteiger partial charge in [-0.3, -0.25) is 0 Å². The molecular formula is C16H17FINO. The molecule has 20 heavy (non-hydrogen) atoms. The van der Waals surface area contributed by atoms with E-state index in [0.29, 0.717) is 0 Å². The highest BCUT2D eigenvalue weighted by molar-refractivity contribution is 14.1. The van der Waals surface area contributed by atoms with Crippen LogP contribution in [0.15, 0.2) is 42.5 Å². The van der Waals surface area contributed by atoms with Gasteiger partial charge in [-0.05, 0) is 64.5 Å². The normalized spacial score (nSPS) is 12.2. The molecule has 2 aromatic carbocycles. The highest BCUT2D eigenvalue weighted by atomic mass is 127. The Kier molecular flexibility index (Phi) is 5.37. The van der Waals surface area contributed by atoms with Crippen molar-refractivity contribution in [1.82, 2.24) is 5.32 Å². The van der Waals surface area contributed by atoms with Crippen molar-refractivity contribution in [3.05, 3.63) is 63.0 Å². The molecule has 0 bridgehead atoms. The Morgan fingerprint density at radius 1 is 1.25 bits per heavy atom. The fourth-order valence-electron chi connectivity index (χ4n) is 2.17. The molecule has 0 radical (unpaired) electrons. The van der Waals surface area contributed by atoms with Gasteiger partial charge in [0, 0.05) is 3.57 Å². The van der Waals surface area contributed by atoms with Crippen LogP contribution in [0.4, 0.5) is 4.39 Å². The summed E-state index contributed by atoms with van der Waals surface area (Å²) in [7, 11) is 1.66. The van der Waals surface area contributed by atoms with Gasteiger partial charge in [0.15, 0.2) is 0 Å². The molecule has 0 aliphatic carbocycles. The van der Waals surface area contributed by atoms with Crippen molar-refractivity contribution in [2.24, 2.45) is 0 Å². The molecule has 106 valence electrons. The molecule has 4 heteroatoms. The van der Waals surface area contributed by atoms with Crippen molar-refractivity contribution in [3.63, 3.8) is 0 Å². The Morgan fingerprint density at radius 2 is 2.05 bits per heavy atom. The van der Waals surface area contributed by atoms with E-state index in [1.54, 1.807) is 13.2 Å². The molecule has 0 amide bonds. The highest BCUT2D eigenvalue weighted by Gasteiger charge is 2.16. The maximum atomic E-state index is 13.3. The van der Waals surface area contributed by atoms with E-state index in [1.165, 1.54) is 6.07 Å². The van der Waals surface area contributed by atoms with Crippen molar-refractivity contribution >= 4 is 22.6 Å². The first kappa shape index (κ1) is 15.3. The Morgan fingerprint density at radius 3 is 2.70 bits per heavy atom. The first-order valence-corrected chi connectivity index (χ1v) is 7.56. The predicted molar refractivity (Wildman–Crippen MR) is 87.6 cm³/mol. The summed E-state index contributed by atoms with van der Waals surface area (Å²) in [6.45, 7) is 2.89. The lowest BCUT2D eigenvalue weighted by atomic mass is 9.98. The SMILES string of the molecule is CCNC(c1cccc(OC)c1)c1ccc(F)cc1I. The molecule has 1 N–H and O–H groups in total. The van der Waals surface area contributed by atoms with E-state index in [4.69, 9.17) is 4.74 Å². The summed E-state index contributed by atoms with van der Waals surface area (Å²) < 4.78 is 19.5. The summed E-state index contributed by atoms with van der Waals surface area (Å²) in [6, 6.07) is 12.9. The third-order valence-corrected chi connectivity index (χ3v) is 4.04. The van der Waals surface area contributed by atoms with E-state index in [0.717, 1.165) is 27.0 Å². The van der Waals surface area contributed by atoms with Crippen LogP contribution in [-0.4, -0.2) is 13.7 Å². The smallest absolute Gasteiger partial charge is 0.124 e. The second-order valence-electron chi connectivity index (χ2n) is 4.43. The number of hydrogen-bond acceptors (Lipinski definition) is 2. The van der Waals surface area contributed by atoms with Crippen molar-refractivity contribution in [2.45, 2.75) is 13.0 Å². The molecule has 0 heterocycles. The molecule has 0 aromatic heterocycles. The molecule has 1 unspecified atom stereocenters. The number of methoxy groups -OCH3 is 1. The zero-order valence-corrected chi connectivity index (χ0v) is 13.6. The summed E-state index contributed by atoms with van der Waals surface area (Å²) in [5.41, 5.74) is 2.18. The van der Waals surface area contributed by atoms with Crippen molar-refractivity contribution in [3.8, 4) is 5.75 Å². The third-order valence-electron chi connectivity index (χ3n) is 3.11. The number of benzene rings is 2. The summed E-state index contributed by atoms with van der Waals surface area (Å²) in [5.74, 6) is 0.613. The van der Waals surface area contributed by atoms with E-state index in [2.05, 4.69) is 40.9 Å². The zero-order valence-electron chi connectivity index (χ0n) is 11.5. The topological polar surface area (TPSA) is 21.3 Å². The zero-order chi connectivity index (χ0) is 14.5. The fourth-order valence-corrected chi connectivity index (χ4v) is 2.96. The van der Waals surface area contributed by atoms with Crippen LogP contribution in [0.1, 0.15) is 24.1 Å². The molecule has 0 aliphatic heterocycles. The minimum Gasteiger partial charge on any atom is -0.497 e. The van der Waals surface area contributed by atoms with Crippen LogP contribution in [-0.2, 0) is 0 Å². The van der Waals surface area contributed by atoms with Gasteiger partial charge in [0.1, 0.15) is 11.6 Å². The summed E-state index contributed by atoms with van der Waals surface area (Å²) in [5, 5.41) is 3.44. The third kappa shape index (κ3) is 3.49. The molecule has 0 aliphatic rings. The van der Waals surface area contributed by atoms with Crippen LogP contribution < -0.4 is 10.1 Å². The first-order chi connectivity index (χ1) is 9.65. The van der Waals surface area contributed by atoms with Crippen molar-refractivity contribution < 1.29 is 9.13 Å². The van der Waals surface area contributed by atoms with Crippen LogP contribution in [0.25, 0.3) is 0 Å². The van der Waals surface area contributed by atoms with Crippen LogP contribution in [0.2, 0.25) is 0 Å². The number of halogens is 2. The predicted octanol–water partition coefficient (Wildman–Crippen LogP) is 4.14. The average molecular weight is 385 g/mol. The van der Waals surface area contributed by atoms with Gasteiger partial charge in [-0.25, -0.2) is 4.39 Å². The Labute approximate surface area is 132 Å². The molecule has 1 atom stereocenters. The second kappa shape index (κ2) is 7.04. The molecule has 2 nitrogen and oxygen atoms in total. The van der Waals surface area contributed by atoms with E-state index in [-0.39, 0.29) is 11.9 Å². The molecule has 0 saturated heterocycles. The fraction of sp³-hybridized carbons (Fsp3) is 0.250. The minimum atomic E-state index is -0.209. The van der Waals surface area contributed by atoms with Gasteiger partial charge >= 0.3 is 0 Å². The van der Waals surface area contributed by atoms with E-state index in [1.807, 2.05) is 24.3 Å². The average Bonchev–Trinajstić information content (AvgIpc) is 2.45. The number of ether oxygens (including phenoxy) is 1. The molecule has 0 spiro atoms. The standard InChI is InChI=1S/C16H17FINO/c1-3-19-16(11-5-4-6-13(9-11)20-2)14-8-7-12(17)10-15(14)18/h4-10,16,19H,3H2,1-2H3. The largest absolute Gasteiger partial charge is 0.497 e. The van der Waals surface area contributed by atoms with Crippen molar-refractivity contribution in [1.29, 1.82) is 0 Å². The summed E-state index contributed by atoms with van der Waals surface area (Å²) in [4.78, 5) is 0. The lowest BCUT2D eigenvalue weighted by molar-refractivity contribution is 0.413. The van der Waals surface area contributed by atoms with Gasteiger partial charge in [0.2, 0.25) is 0 Å². The summed E-state index contributed by atoms with van der Waals surface area (Å²) in [6.07, 6.45) is 0. The van der Waals surface area contributed by atoms with Crippen LogP contribution in [0, 0.1) is 9.39 Å². The van der Waals surface area contributed by atoms with E-state index >= 15 is 0 Å².